The number of likely N-dealkylation sites (N-methyl/N-ethyl adjacent to an activating group) is 1. The molecule has 0 bridgehead atoms. The average Bonchev–Trinajstić information content (AvgIpc) is 2.51. The SMILES string of the molecule is CCCCN(C)C1CC(C)c2ccccc2C1NCCC. The van der Waals surface area contributed by atoms with Crippen molar-refractivity contribution in [3.05, 3.63) is 35.4 Å². The van der Waals surface area contributed by atoms with Gasteiger partial charge in [-0.3, -0.25) is 0 Å². The zero-order valence-electron chi connectivity index (χ0n) is 14.2. The van der Waals surface area contributed by atoms with Gasteiger partial charge in [-0.15, -0.1) is 0 Å². The summed E-state index contributed by atoms with van der Waals surface area (Å²) in [5, 5.41) is 3.81. The molecule has 0 aliphatic heterocycles. The van der Waals surface area contributed by atoms with E-state index >= 15 is 0 Å². The Hall–Kier alpha value is -0.860. The van der Waals surface area contributed by atoms with E-state index in [1.807, 2.05) is 0 Å². The highest BCUT2D eigenvalue weighted by Gasteiger charge is 2.34. The Morgan fingerprint density at radius 2 is 1.86 bits per heavy atom. The zero-order chi connectivity index (χ0) is 15.2. The number of unbranched alkanes of at least 4 members (excludes halogenated alkanes) is 1. The lowest BCUT2D eigenvalue weighted by Crippen LogP contribution is -2.46. The molecule has 0 saturated heterocycles. The Morgan fingerprint density at radius 3 is 2.52 bits per heavy atom. The second-order valence-electron chi connectivity index (χ2n) is 6.60. The molecule has 3 atom stereocenters. The fraction of sp³-hybridized carbons (Fsp3) is 0.684. The largest absolute Gasteiger partial charge is 0.309 e. The summed E-state index contributed by atoms with van der Waals surface area (Å²) in [7, 11) is 2.31. The summed E-state index contributed by atoms with van der Waals surface area (Å²) in [4.78, 5) is 2.59. The number of hydrogen-bond acceptors (Lipinski definition) is 2. The monoisotopic (exact) mass is 288 g/mol. The van der Waals surface area contributed by atoms with Gasteiger partial charge in [-0.25, -0.2) is 0 Å². The first-order valence-corrected chi connectivity index (χ1v) is 8.71. The highest BCUT2D eigenvalue weighted by Crippen LogP contribution is 2.39. The fourth-order valence-corrected chi connectivity index (χ4v) is 3.63. The smallest absolute Gasteiger partial charge is 0.0481 e. The van der Waals surface area contributed by atoms with Crippen LogP contribution in [0.15, 0.2) is 24.3 Å². The normalized spacial score (nSPS) is 25.1. The van der Waals surface area contributed by atoms with E-state index in [0.29, 0.717) is 18.0 Å². The van der Waals surface area contributed by atoms with Crippen LogP contribution < -0.4 is 5.32 Å². The first-order valence-electron chi connectivity index (χ1n) is 8.71. The van der Waals surface area contributed by atoms with Crippen molar-refractivity contribution < 1.29 is 0 Å². The Labute approximate surface area is 130 Å². The summed E-state index contributed by atoms with van der Waals surface area (Å²) < 4.78 is 0. The van der Waals surface area contributed by atoms with Crippen LogP contribution in [-0.4, -0.2) is 31.1 Å². The molecule has 0 heterocycles. The van der Waals surface area contributed by atoms with E-state index in [2.05, 4.69) is 62.3 Å². The van der Waals surface area contributed by atoms with Gasteiger partial charge in [0.05, 0.1) is 0 Å². The Morgan fingerprint density at radius 1 is 1.14 bits per heavy atom. The van der Waals surface area contributed by atoms with Crippen LogP contribution in [0.4, 0.5) is 0 Å². The van der Waals surface area contributed by atoms with Gasteiger partial charge in [0, 0.05) is 12.1 Å². The van der Waals surface area contributed by atoms with E-state index in [-0.39, 0.29) is 0 Å². The first kappa shape index (κ1) is 16.5. The van der Waals surface area contributed by atoms with Crippen LogP contribution in [0.1, 0.15) is 69.5 Å². The maximum absolute atomic E-state index is 3.81. The van der Waals surface area contributed by atoms with Crippen LogP contribution in [0.5, 0.6) is 0 Å². The third-order valence-corrected chi connectivity index (χ3v) is 4.89. The molecular formula is C19H32N2. The second kappa shape index (κ2) is 7.95. The van der Waals surface area contributed by atoms with Gasteiger partial charge in [-0.2, -0.15) is 0 Å². The molecule has 1 N–H and O–H groups in total. The second-order valence-corrected chi connectivity index (χ2v) is 6.60. The van der Waals surface area contributed by atoms with E-state index in [4.69, 9.17) is 0 Å². The number of benzene rings is 1. The van der Waals surface area contributed by atoms with Gasteiger partial charge in [0.25, 0.3) is 0 Å². The predicted octanol–water partition coefficient (Wildman–Crippen LogP) is 4.34. The predicted molar refractivity (Wildman–Crippen MR) is 91.8 cm³/mol. The number of fused-ring (bicyclic) bond motifs is 1. The molecule has 2 heteroatoms. The number of hydrogen-bond donors (Lipinski definition) is 1. The number of nitrogens with one attached hydrogen (secondary N) is 1. The average molecular weight is 288 g/mol. The van der Waals surface area contributed by atoms with Gasteiger partial charge in [0.15, 0.2) is 0 Å². The van der Waals surface area contributed by atoms with E-state index in [1.54, 1.807) is 5.56 Å². The van der Waals surface area contributed by atoms with Crippen molar-refractivity contribution in [1.82, 2.24) is 10.2 Å². The lowest BCUT2D eigenvalue weighted by Gasteiger charge is -2.42. The molecule has 1 aromatic carbocycles. The van der Waals surface area contributed by atoms with Crippen molar-refractivity contribution in [2.75, 3.05) is 20.1 Å². The van der Waals surface area contributed by atoms with E-state index in [1.165, 1.54) is 37.8 Å². The quantitative estimate of drug-likeness (QED) is 0.803. The molecule has 0 amide bonds. The van der Waals surface area contributed by atoms with Gasteiger partial charge < -0.3 is 10.2 Å². The minimum absolute atomic E-state index is 0.485. The maximum atomic E-state index is 3.81. The van der Waals surface area contributed by atoms with Crippen LogP contribution in [0.25, 0.3) is 0 Å². The van der Waals surface area contributed by atoms with Crippen molar-refractivity contribution in [3.63, 3.8) is 0 Å². The van der Waals surface area contributed by atoms with Crippen LogP contribution >= 0.6 is 0 Å². The molecule has 1 aliphatic rings. The summed E-state index contributed by atoms with van der Waals surface area (Å²) in [5.74, 6) is 0.662. The Bertz CT molecular complexity index is 429. The van der Waals surface area contributed by atoms with Gasteiger partial charge >= 0.3 is 0 Å². The van der Waals surface area contributed by atoms with Crippen LogP contribution in [-0.2, 0) is 0 Å². The van der Waals surface area contributed by atoms with Crippen molar-refractivity contribution in [3.8, 4) is 0 Å². The van der Waals surface area contributed by atoms with Gasteiger partial charge in [-0.1, -0.05) is 51.5 Å². The number of nitrogens with zero attached hydrogens (tertiary/aromatic N) is 1. The Kier molecular flexibility index (Phi) is 6.25. The molecule has 1 aliphatic carbocycles. The summed E-state index contributed by atoms with van der Waals surface area (Å²) in [6, 6.07) is 10.1. The molecule has 0 aromatic heterocycles. The molecule has 118 valence electrons. The first-order chi connectivity index (χ1) is 10.2. The molecule has 0 spiro atoms. The van der Waals surface area contributed by atoms with E-state index in [9.17, 15) is 0 Å². The van der Waals surface area contributed by atoms with Crippen molar-refractivity contribution >= 4 is 0 Å². The summed E-state index contributed by atoms with van der Waals surface area (Å²) in [6.07, 6.45) is 5.03. The van der Waals surface area contributed by atoms with Crippen LogP contribution in [0, 0.1) is 0 Å². The third-order valence-electron chi connectivity index (χ3n) is 4.89. The maximum Gasteiger partial charge on any atom is 0.0481 e. The van der Waals surface area contributed by atoms with Gasteiger partial charge in [0.1, 0.15) is 0 Å². The lowest BCUT2D eigenvalue weighted by atomic mass is 9.77. The molecule has 2 rings (SSSR count). The topological polar surface area (TPSA) is 15.3 Å². The van der Waals surface area contributed by atoms with E-state index in [0.717, 1.165) is 6.54 Å². The minimum atomic E-state index is 0.485. The molecule has 1 aromatic rings. The molecule has 21 heavy (non-hydrogen) atoms. The summed E-state index contributed by atoms with van der Waals surface area (Å²) in [6.45, 7) is 9.22. The van der Waals surface area contributed by atoms with Crippen LogP contribution in [0.3, 0.4) is 0 Å². The molecule has 3 unspecified atom stereocenters. The molecule has 2 nitrogen and oxygen atoms in total. The molecule has 0 saturated carbocycles. The minimum Gasteiger partial charge on any atom is -0.309 e. The third kappa shape index (κ3) is 3.87. The molecular weight excluding hydrogens is 256 g/mol. The molecule has 0 radical (unpaired) electrons. The van der Waals surface area contributed by atoms with Crippen LogP contribution in [0.2, 0.25) is 0 Å². The van der Waals surface area contributed by atoms with Gasteiger partial charge in [-0.05, 0) is 56.4 Å². The van der Waals surface area contributed by atoms with Crippen molar-refractivity contribution in [1.29, 1.82) is 0 Å². The zero-order valence-corrected chi connectivity index (χ0v) is 14.2. The van der Waals surface area contributed by atoms with E-state index < -0.39 is 0 Å². The van der Waals surface area contributed by atoms with Crippen molar-refractivity contribution in [2.24, 2.45) is 0 Å². The standard InChI is InChI=1S/C19H32N2/c1-5-7-13-21(4)18-14-15(3)16-10-8-9-11-17(16)19(18)20-12-6-2/h8-11,15,18-20H,5-7,12-14H2,1-4H3. The van der Waals surface area contributed by atoms with Crippen molar-refractivity contribution in [2.45, 2.75) is 64.5 Å². The summed E-state index contributed by atoms with van der Waals surface area (Å²) >= 11 is 0. The highest BCUT2D eigenvalue weighted by molar-refractivity contribution is 5.36. The van der Waals surface area contributed by atoms with Gasteiger partial charge in [0.2, 0.25) is 0 Å². The fourth-order valence-electron chi connectivity index (χ4n) is 3.63. The Balaban J connectivity index is 2.23. The molecule has 0 fully saturated rings. The number of rotatable bonds is 7. The highest BCUT2D eigenvalue weighted by atomic mass is 15.2. The lowest BCUT2D eigenvalue weighted by molar-refractivity contribution is 0.162. The summed E-state index contributed by atoms with van der Waals surface area (Å²) in [5.41, 5.74) is 3.07.